The molecule has 9 heteroatoms. The molecule has 0 aliphatic carbocycles. The summed E-state index contributed by atoms with van der Waals surface area (Å²) in [7, 11) is 1.60. The van der Waals surface area contributed by atoms with E-state index < -0.39 is 0 Å². The van der Waals surface area contributed by atoms with Gasteiger partial charge in [0, 0.05) is 24.4 Å². The van der Waals surface area contributed by atoms with E-state index in [1.165, 1.54) is 11.5 Å². The van der Waals surface area contributed by atoms with E-state index in [9.17, 15) is 0 Å². The number of hydrogen-bond acceptors (Lipinski definition) is 9. The van der Waals surface area contributed by atoms with Gasteiger partial charge in [-0.25, -0.2) is 9.97 Å². The van der Waals surface area contributed by atoms with Gasteiger partial charge >= 0.3 is 0 Å². The van der Waals surface area contributed by atoms with Crippen molar-refractivity contribution in [2.75, 3.05) is 25.6 Å². The molecule has 0 bridgehead atoms. The first-order chi connectivity index (χ1) is 13.3. The lowest BCUT2D eigenvalue weighted by molar-refractivity contribution is 0.0254. The first-order valence-corrected chi connectivity index (χ1v) is 9.39. The van der Waals surface area contributed by atoms with Crippen LogP contribution in [0.1, 0.15) is 12.8 Å². The van der Waals surface area contributed by atoms with Crippen molar-refractivity contribution in [2.45, 2.75) is 18.9 Å². The summed E-state index contributed by atoms with van der Waals surface area (Å²) in [6.07, 6.45) is 5.37. The zero-order valence-corrected chi connectivity index (χ0v) is 15.6. The number of hydrogen-bond donors (Lipinski definition) is 1. The van der Waals surface area contributed by atoms with Crippen molar-refractivity contribution in [2.24, 2.45) is 0 Å². The second kappa shape index (κ2) is 8.28. The Labute approximate surface area is 160 Å². The summed E-state index contributed by atoms with van der Waals surface area (Å²) in [6.45, 7) is 1.50. The van der Waals surface area contributed by atoms with Crippen molar-refractivity contribution in [3.05, 3.63) is 36.7 Å². The van der Waals surface area contributed by atoms with E-state index in [1.807, 2.05) is 24.3 Å². The lowest BCUT2D eigenvalue weighted by Crippen LogP contribution is -2.25. The van der Waals surface area contributed by atoms with Crippen molar-refractivity contribution in [3.63, 3.8) is 0 Å². The van der Waals surface area contributed by atoms with E-state index in [0.717, 1.165) is 31.8 Å². The van der Waals surface area contributed by atoms with Gasteiger partial charge in [-0.3, -0.25) is 0 Å². The van der Waals surface area contributed by atoms with Gasteiger partial charge < -0.3 is 19.5 Å². The van der Waals surface area contributed by atoms with Crippen LogP contribution in [0.25, 0.3) is 11.5 Å². The van der Waals surface area contributed by atoms with Crippen LogP contribution in [0.5, 0.6) is 11.5 Å². The second-order valence-electron chi connectivity index (χ2n) is 5.94. The molecule has 3 aromatic rings. The maximum Gasteiger partial charge on any atom is 0.208 e. The minimum absolute atomic E-state index is 0.196. The van der Waals surface area contributed by atoms with Crippen LogP contribution in [0.2, 0.25) is 0 Å². The van der Waals surface area contributed by atoms with Crippen molar-refractivity contribution in [3.8, 4) is 23.0 Å². The van der Waals surface area contributed by atoms with Crippen LogP contribution in [-0.4, -0.2) is 45.8 Å². The van der Waals surface area contributed by atoms with E-state index in [2.05, 4.69) is 24.6 Å². The fourth-order valence-corrected chi connectivity index (χ4v) is 3.22. The number of ether oxygens (including phenoxy) is 3. The van der Waals surface area contributed by atoms with Crippen molar-refractivity contribution in [1.29, 1.82) is 0 Å². The maximum absolute atomic E-state index is 5.93. The van der Waals surface area contributed by atoms with Crippen LogP contribution in [0.4, 0.5) is 10.9 Å². The molecule has 8 nitrogen and oxygen atoms in total. The normalized spacial score (nSPS) is 14.7. The number of nitrogens with zero attached hydrogens (tertiary/aromatic N) is 4. The molecule has 4 rings (SSSR count). The average Bonchev–Trinajstić information content (AvgIpc) is 3.19. The molecular formula is C18H19N5O3S. The molecule has 0 aromatic carbocycles. The molecule has 1 N–H and O–H groups in total. The van der Waals surface area contributed by atoms with Crippen LogP contribution in [0.15, 0.2) is 36.7 Å². The third-order valence-electron chi connectivity index (χ3n) is 4.07. The predicted octanol–water partition coefficient (Wildman–Crippen LogP) is 3.31. The first kappa shape index (κ1) is 17.6. The lowest BCUT2D eigenvalue weighted by atomic mass is 10.1. The van der Waals surface area contributed by atoms with Crippen LogP contribution >= 0.6 is 11.5 Å². The topological polar surface area (TPSA) is 91.3 Å². The number of pyridine rings is 2. The van der Waals surface area contributed by atoms with Crippen molar-refractivity contribution < 1.29 is 14.2 Å². The Morgan fingerprint density at radius 2 is 1.89 bits per heavy atom. The van der Waals surface area contributed by atoms with E-state index in [1.54, 1.807) is 19.5 Å². The van der Waals surface area contributed by atoms with Gasteiger partial charge in [0.1, 0.15) is 29.1 Å². The Morgan fingerprint density at radius 1 is 1.07 bits per heavy atom. The quantitative estimate of drug-likeness (QED) is 0.691. The molecule has 0 saturated carbocycles. The van der Waals surface area contributed by atoms with E-state index >= 15 is 0 Å². The molecular weight excluding hydrogens is 366 g/mol. The molecule has 1 aliphatic rings. The number of aromatic nitrogens is 4. The maximum atomic E-state index is 5.93. The fraction of sp³-hybridized carbons (Fsp3) is 0.333. The lowest BCUT2D eigenvalue weighted by Gasteiger charge is -2.23. The Morgan fingerprint density at radius 3 is 2.59 bits per heavy atom. The van der Waals surface area contributed by atoms with Gasteiger partial charge in [-0.15, -0.1) is 0 Å². The number of methoxy groups -OCH3 is 1. The number of anilines is 2. The summed E-state index contributed by atoms with van der Waals surface area (Å²) in [6, 6.07) is 7.42. The first-order valence-electron chi connectivity index (χ1n) is 8.62. The van der Waals surface area contributed by atoms with Crippen LogP contribution in [0.3, 0.4) is 0 Å². The Balaban J connectivity index is 1.38. The van der Waals surface area contributed by atoms with Crippen LogP contribution in [0, 0.1) is 0 Å². The monoisotopic (exact) mass is 385 g/mol. The largest absolute Gasteiger partial charge is 0.495 e. The predicted molar refractivity (Wildman–Crippen MR) is 102 cm³/mol. The third-order valence-corrected chi connectivity index (χ3v) is 4.70. The van der Waals surface area contributed by atoms with Gasteiger partial charge in [0.25, 0.3) is 0 Å². The highest BCUT2D eigenvalue weighted by Gasteiger charge is 2.15. The summed E-state index contributed by atoms with van der Waals surface area (Å²) >= 11 is 1.25. The number of nitrogens with one attached hydrogen (secondary N) is 1. The third kappa shape index (κ3) is 4.50. The second-order valence-corrected chi connectivity index (χ2v) is 6.69. The van der Waals surface area contributed by atoms with Gasteiger partial charge in [0.15, 0.2) is 5.82 Å². The fourth-order valence-electron chi connectivity index (χ4n) is 2.63. The van der Waals surface area contributed by atoms with Crippen LogP contribution in [-0.2, 0) is 4.74 Å². The summed E-state index contributed by atoms with van der Waals surface area (Å²) in [5.74, 6) is 2.69. The Kier molecular flexibility index (Phi) is 5.40. The minimum Gasteiger partial charge on any atom is -0.495 e. The SMILES string of the molecule is COc1ccc(-c2nsc(Nc3ccc(OC4CCOCC4)cn3)n2)nc1. The van der Waals surface area contributed by atoms with Gasteiger partial charge in [0.2, 0.25) is 5.13 Å². The Bertz CT molecular complexity index is 863. The molecule has 1 fully saturated rings. The smallest absolute Gasteiger partial charge is 0.208 e. The summed E-state index contributed by atoms with van der Waals surface area (Å²) in [4.78, 5) is 13.1. The molecule has 0 atom stereocenters. The van der Waals surface area contributed by atoms with E-state index in [-0.39, 0.29) is 6.10 Å². The molecule has 0 unspecified atom stereocenters. The van der Waals surface area contributed by atoms with E-state index in [4.69, 9.17) is 14.2 Å². The van der Waals surface area contributed by atoms with Crippen molar-refractivity contribution in [1.82, 2.24) is 19.3 Å². The van der Waals surface area contributed by atoms with E-state index in [0.29, 0.717) is 28.2 Å². The standard InChI is InChI=1S/C18H19N5O3S/c1-24-13-2-4-15(19-10-13)17-22-18(27-23-17)21-16-5-3-14(11-20-16)26-12-6-8-25-9-7-12/h2-5,10-12H,6-9H2,1H3,(H,20,21,22,23). The molecule has 140 valence electrons. The van der Waals surface area contributed by atoms with Gasteiger partial charge in [-0.2, -0.15) is 9.36 Å². The average molecular weight is 385 g/mol. The summed E-state index contributed by atoms with van der Waals surface area (Å²) in [5.41, 5.74) is 0.688. The highest BCUT2D eigenvalue weighted by molar-refractivity contribution is 7.09. The molecule has 1 aliphatic heterocycles. The van der Waals surface area contributed by atoms with Gasteiger partial charge in [-0.1, -0.05) is 0 Å². The molecule has 1 saturated heterocycles. The molecule has 0 amide bonds. The Hall–Kier alpha value is -2.78. The highest BCUT2D eigenvalue weighted by atomic mass is 32.1. The molecule has 0 spiro atoms. The minimum atomic E-state index is 0.196. The zero-order chi connectivity index (χ0) is 18.5. The zero-order valence-electron chi connectivity index (χ0n) is 14.8. The molecule has 4 heterocycles. The van der Waals surface area contributed by atoms with Crippen molar-refractivity contribution >= 4 is 22.5 Å². The van der Waals surface area contributed by atoms with Crippen LogP contribution < -0.4 is 14.8 Å². The summed E-state index contributed by atoms with van der Waals surface area (Å²) < 4.78 is 20.7. The molecule has 0 radical (unpaired) electrons. The van der Waals surface area contributed by atoms with Gasteiger partial charge in [-0.05, 0) is 24.3 Å². The molecule has 3 aromatic heterocycles. The van der Waals surface area contributed by atoms with Gasteiger partial charge in [0.05, 0.1) is 32.7 Å². The molecule has 27 heavy (non-hydrogen) atoms. The number of rotatable bonds is 6. The highest BCUT2D eigenvalue weighted by Crippen LogP contribution is 2.24. The summed E-state index contributed by atoms with van der Waals surface area (Å²) in [5, 5.41) is 3.80.